The second-order valence-electron chi connectivity index (χ2n) is 4.52. The lowest BCUT2D eigenvalue weighted by molar-refractivity contribution is -0.155. The molecule has 124 valence electrons. The van der Waals surface area contributed by atoms with E-state index in [0.717, 1.165) is 12.1 Å². The first-order valence-electron chi connectivity index (χ1n) is 6.24. The van der Waals surface area contributed by atoms with E-state index in [0.29, 0.717) is 6.07 Å². The number of rotatable bonds is 5. The van der Waals surface area contributed by atoms with Crippen molar-refractivity contribution < 1.29 is 31.5 Å². The van der Waals surface area contributed by atoms with E-state index in [1.54, 1.807) is 12.2 Å². The summed E-state index contributed by atoms with van der Waals surface area (Å²) in [5.41, 5.74) is -0.998. The van der Waals surface area contributed by atoms with Gasteiger partial charge in [0, 0.05) is 19.2 Å². The molecule has 2 N–H and O–H groups in total. The van der Waals surface area contributed by atoms with Gasteiger partial charge >= 0.3 is 12.2 Å². The first-order valence-corrected chi connectivity index (χ1v) is 6.24. The standard InChI is InChI=1S/C13H15F5N2O2/c1-7(22-2)6-19-12(21)20-11(13(16,17)18)8-4-3-5-9(14)10(8)15/h3-5,7,11H,6H2,1-2H3,(H2,19,20,21)/t7-,11+/m0/s1. The summed E-state index contributed by atoms with van der Waals surface area (Å²) < 4.78 is 70.4. The molecule has 0 aliphatic heterocycles. The molecule has 1 aromatic carbocycles. The van der Waals surface area contributed by atoms with Crippen LogP contribution in [0.3, 0.4) is 0 Å². The molecule has 2 amide bonds. The Morgan fingerprint density at radius 1 is 1.32 bits per heavy atom. The average molecular weight is 326 g/mol. The smallest absolute Gasteiger partial charge is 0.380 e. The van der Waals surface area contributed by atoms with E-state index in [-0.39, 0.29) is 6.54 Å². The molecule has 0 radical (unpaired) electrons. The second-order valence-corrected chi connectivity index (χ2v) is 4.52. The van der Waals surface area contributed by atoms with Gasteiger partial charge in [-0.3, -0.25) is 0 Å². The average Bonchev–Trinajstić information content (AvgIpc) is 2.44. The highest BCUT2D eigenvalue weighted by atomic mass is 19.4. The quantitative estimate of drug-likeness (QED) is 0.818. The first kappa shape index (κ1) is 18.1. The van der Waals surface area contributed by atoms with Crippen LogP contribution in [0.5, 0.6) is 0 Å². The van der Waals surface area contributed by atoms with Crippen LogP contribution in [0.4, 0.5) is 26.7 Å². The third-order valence-corrected chi connectivity index (χ3v) is 2.85. The van der Waals surface area contributed by atoms with Crippen molar-refractivity contribution in [3.8, 4) is 0 Å². The Morgan fingerprint density at radius 3 is 2.50 bits per heavy atom. The third kappa shape index (κ3) is 4.83. The molecule has 0 spiro atoms. The fourth-order valence-corrected chi connectivity index (χ4v) is 1.58. The van der Waals surface area contributed by atoms with Gasteiger partial charge in [0.15, 0.2) is 17.7 Å². The van der Waals surface area contributed by atoms with Crippen LogP contribution in [-0.2, 0) is 4.74 Å². The van der Waals surface area contributed by atoms with Crippen molar-refractivity contribution in [3.05, 3.63) is 35.4 Å². The van der Waals surface area contributed by atoms with E-state index in [1.165, 1.54) is 7.11 Å². The zero-order valence-electron chi connectivity index (χ0n) is 11.8. The predicted octanol–water partition coefficient (Wildman–Crippen LogP) is 2.90. The van der Waals surface area contributed by atoms with Crippen LogP contribution in [0.25, 0.3) is 0 Å². The van der Waals surface area contributed by atoms with Gasteiger partial charge in [0.05, 0.1) is 6.10 Å². The number of carbonyl (C=O) groups excluding carboxylic acids is 1. The minimum atomic E-state index is -4.99. The molecule has 0 heterocycles. The van der Waals surface area contributed by atoms with Crippen molar-refractivity contribution in [2.24, 2.45) is 0 Å². The largest absolute Gasteiger partial charge is 0.413 e. The van der Waals surface area contributed by atoms with Crippen molar-refractivity contribution in [1.29, 1.82) is 0 Å². The fraction of sp³-hybridized carbons (Fsp3) is 0.462. The van der Waals surface area contributed by atoms with Gasteiger partial charge in [-0.1, -0.05) is 12.1 Å². The Balaban J connectivity index is 2.91. The number of halogens is 5. The highest BCUT2D eigenvalue weighted by Crippen LogP contribution is 2.34. The summed E-state index contributed by atoms with van der Waals surface area (Å²) in [4.78, 5) is 11.5. The van der Waals surface area contributed by atoms with Gasteiger partial charge in [0.2, 0.25) is 0 Å². The van der Waals surface area contributed by atoms with E-state index in [1.807, 2.05) is 0 Å². The molecule has 2 atom stereocenters. The lowest BCUT2D eigenvalue weighted by Crippen LogP contribution is -2.45. The number of methoxy groups -OCH3 is 1. The van der Waals surface area contributed by atoms with E-state index in [2.05, 4.69) is 5.32 Å². The number of hydrogen-bond donors (Lipinski definition) is 2. The molecular weight excluding hydrogens is 311 g/mol. The predicted molar refractivity (Wildman–Crippen MR) is 68.2 cm³/mol. The summed E-state index contributed by atoms with van der Waals surface area (Å²) in [7, 11) is 1.37. The summed E-state index contributed by atoms with van der Waals surface area (Å²) in [5, 5.41) is 3.73. The van der Waals surface area contributed by atoms with Crippen molar-refractivity contribution >= 4 is 6.03 Å². The highest BCUT2D eigenvalue weighted by molar-refractivity contribution is 5.74. The van der Waals surface area contributed by atoms with E-state index < -0.39 is 41.6 Å². The van der Waals surface area contributed by atoms with Gasteiger partial charge < -0.3 is 15.4 Å². The molecule has 9 heteroatoms. The van der Waals surface area contributed by atoms with Crippen LogP contribution in [-0.4, -0.2) is 32.0 Å². The molecule has 1 aromatic rings. The monoisotopic (exact) mass is 326 g/mol. The van der Waals surface area contributed by atoms with Gasteiger partial charge in [0.1, 0.15) is 0 Å². The SMILES string of the molecule is CO[C@@H](C)CNC(=O)N[C@H](c1cccc(F)c1F)C(F)(F)F. The van der Waals surface area contributed by atoms with Crippen LogP contribution in [0, 0.1) is 11.6 Å². The fourth-order valence-electron chi connectivity index (χ4n) is 1.58. The maximum atomic E-state index is 13.5. The van der Waals surface area contributed by atoms with Crippen molar-refractivity contribution in [2.45, 2.75) is 25.2 Å². The van der Waals surface area contributed by atoms with E-state index in [9.17, 15) is 26.7 Å². The Morgan fingerprint density at radius 2 is 1.95 bits per heavy atom. The minimum Gasteiger partial charge on any atom is -0.380 e. The summed E-state index contributed by atoms with van der Waals surface area (Å²) in [6, 6.07) is -1.46. The minimum absolute atomic E-state index is 0.0431. The van der Waals surface area contributed by atoms with Gasteiger partial charge in [-0.15, -0.1) is 0 Å². The Bertz CT molecular complexity index is 522. The topological polar surface area (TPSA) is 50.4 Å². The van der Waals surface area contributed by atoms with Crippen LogP contribution in [0.1, 0.15) is 18.5 Å². The number of benzene rings is 1. The van der Waals surface area contributed by atoms with Crippen molar-refractivity contribution in [1.82, 2.24) is 10.6 Å². The molecule has 0 aliphatic carbocycles. The Kier molecular flexibility index (Phi) is 6.10. The molecule has 0 aromatic heterocycles. The maximum absolute atomic E-state index is 13.5. The maximum Gasteiger partial charge on any atom is 0.413 e. The van der Waals surface area contributed by atoms with Crippen LogP contribution >= 0.6 is 0 Å². The summed E-state index contributed by atoms with van der Waals surface area (Å²) in [6.45, 7) is 1.55. The molecule has 0 saturated carbocycles. The van der Waals surface area contributed by atoms with E-state index >= 15 is 0 Å². The molecule has 4 nitrogen and oxygen atoms in total. The number of hydrogen-bond acceptors (Lipinski definition) is 2. The number of nitrogens with one attached hydrogen (secondary N) is 2. The zero-order chi connectivity index (χ0) is 16.9. The number of carbonyl (C=O) groups is 1. The lowest BCUT2D eigenvalue weighted by Gasteiger charge is -2.23. The molecule has 22 heavy (non-hydrogen) atoms. The van der Waals surface area contributed by atoms with Crippen molar-refractivity contribution in [2.75, 3.05) is 13.7 Å². The number of amides is 2. The van der Waals surface area contributed by atoms with Crippen molar-refractivity contribution in [3.63, 3.8) is 0 Å². The van der Waals surface area contributed by atoms with Crippen LogP contribution in [0.2, 0.25) is 0 Å². The van der Waals surface area contributed by atoms with Gasteiger partial charge in [0.25, 0.3) is 0 Å². The third-order valence-electron chi connectivity index (χ3n) is 2.85. The summed E-state index contributed by atoms with van der Waals surface area (Å²) in [5.74, 6) is -3.09. The van der Waals surface area contributed by atoms with Gasteiger partial charge in [-0.25, -0.2) is 13.6 Å². The molecule has 0 saturated heterocycles. The summed E-state index contributed by atoms with van der Waals surface area (Å²) >= 11 is 0. The summed E-state index contributed by atoms with van der Waals surface area (Å²) in [6.07, 6.45) is -5.40. The molecule has 0 fully saturated rings. The first-order chi connectivity index (χ1) is 10.2. The van der Waals surface area contributed by atoms with Crippen LogP contribution < -0.4 is 10.6 Å². The number of alkyl halides is 3. The van der Waals surface area contributed by atoms with Crippen LogP contribution in [0.15, 0.2) is 18.2 Å². The Labute approximate surface area is 123 Å². The molecule has 0 aliphatic rings. The number of ether oxygens (including phenoxy) is 1. The molecule has 0 bridgehead atoms. The zero-order valence-corrected chi connectivity index (χ0v) is 11.8. The lowest BCUT2D eigenvalue weighted by atomic mass is 10.1. The second kappa shape index (κ2) is 7.39. The normalized spacial score (nSPS) is 14.3. The van der Waals surface area contributed by atoms with E-state index in [4.69, 9.17) is 4.74 Å². The van der Waals surface area contributed by atoms with Gasteiger partial charge in [-0.05, 0) is 13.0 Å². The molecule has 1 rings (SSSR count). The highest BCUT2D eigenvalue weighted by Gasteiger charge is 2.43. The molecular formula is C13H15F5N2O2. The Hall–Kier alpha value is -1.90. The van der Waals surface area contributed by atoms with Gasteiger partial charge in [-0.2, -0.15) is 13.2 Å². The molecule has 0 unspecified atom stereocenters. The number of urea groups is 1.